The van der Waals surface area contributed by atoms with Gasteiger partial charge in [0.25, 0.3) is 5.91 Å². The van der Waals surface area contributed by atoms with Gasteiger partial charge in [0.2, 0.25) is 0 Å². The number of para-hydroxylation sites is 1. The van der Waals surface area contributed by atoms with E-state index in [9.17, 15) is 14.7 Å². The van der Waals surface area contributed by atoms with Gasteiger partial charge in [0, 0.05) is 11.3 Å². The molecule has 2 N–H and O–H groups in total. The number of allylic oxidation sites excluding steroid dienone is 1. The van der Waals surface area contributed by atoms with Gasteiger partial charge in [-0.3, -0.25) is 9.59 Å². The van der Waals surface area contributed by atoms with Gasteiger partial charge >= 0.3 is 0 Å². The van der Waals surface area contributed by atoms with Gasteiger partial charge in [-0.25, -0.2) is 0 Å². The van der Waals surface area contributed by atoms with E-state index in [0.29, 0.717) is 29.4 Å². The fourth-order valence-electron chi connectivity index (χ4n) is 2.77. The van der Waals surface area contributed by atoms with Gasteiger partial charge < -0.3 is 19.9 Å². The second-order valence-electron chi connectivity index (χ2n) is 6.59. The molecule has 3 rings (SSSR count). The maximum absolute atomic E-state index is 12.3. The summed E-state index contributed by atoms with van der Waals surface area (Å²) < 4.78 is 11.3. The molecule has 0 aliphatic heterocycles. The molecular weight excluding hydrogens is 394 g/mol. The predicted octanol–water partition coefficient (Wildman–Crippen LogP) is 4.70. The molecule has 3 aromatic rings. The quantitative estimate of drug-likeness (QED) is 0.389. The number of nitrogens with one attached hydrogen (secondary N) is 1. The summed E-state index contributed by atoms with van der Waals surface area (Å²) in [5.41, 5.74) is 1.92. The molecule has 0 spiro atoms. The average molecular weight is 417 g/mol. The summed E-state index contributed by atoms with van der Waals surface area (Å²) in [6, 6.07) is 20.4. The maximum Gasteiger partial charge on any atom is 0.262 e. The Morgan fingerprint density at radius 3 is 2.39 bits per heavy atom. The van der Waals surface area contributed by atoms with Crippen LogP contribution < -0.4 is 14.8 Å². The third-order valence-electron chi connectivity index (χ3n) is 4.26. The second kappa shape index (κ2) is 10.6. The van der Waals surface area contributed by atoms with Crippen LogP contribution in [0.1, 0.15) is 22.8 Å². The molecule has 0 radical (unpaired) electrons. The van der Waals surface area contributed by atoms with E-state index in [0.717, 1.165) is 5.56 Å². The summed E-state index contributed by atoms with van der Waals surface area (Å²) in [7, 11) is 0. The molecule has 0 saturated heterocycles. The van der Waals surface area contributed by atoms with Crippen molar-refractivity contribution in [2.24, 2.45) is 0 Å². The van der Waals surface area contributed by atoms with E-state index in [-0.39, 0.29) is 24.0 Å². The molecule has 0 heterocycles. The lowest BCUT2D eigenvalue weighted by atomic mass is 10.1. The lowest BCUT2D eigenvalue weighted by Crippen LogP contribution is -2.20. The topological polar surface area (TPSA) is 84.9 Å². The molecule has 31 heavy (non-hydrogen) atoms. The fraction of sp³-hybridized carbons (Fsp3) is 0.120. The highest BCUT2D eigenvalue weighted by Crippen LogP contribution is 2.29. The van der Waals surface area contributed by atoms with Gasteiger partial charge in [0.1, 0.15) is 5.75 Å². The van der Waals surface area contributed by atoms with Crippen LogP contribution in [0.15, 0.2) is 78.9 Å². The molecular formula is C25H23NO5. The first kappa shape index (κ1) is 21.6. The number of rotatable bonds is 9. The number of phenolic OH excluding ortho intramolecular Hbond substituents is 1. The molecule has 0 aliphatic rings. The van der Waals surface area contributed by atoms with E-state index in [4.69, 9.17) is 9.47 Å². The number of anilines is 1. The highest BCUT2D eigenvalue weighted by Gasteiger charge is 2.09. The number of benzene rings is 3. The van der Waals surface area contributed by atoms with Crippen LogP contribution in [0, 0.1) is 0 Å². The zero-order valence-corrected chi connectivity index (χ0v) is 17.1. The van der Waals surface area contributed by atoms with E-state index in [1.807, 2.05) is 25.1 Å². The number of phenols is 1. The zero-order chi connectivity index (χ0) is 22.1. The molecule has 0 fully saturated rings. The van der Waals surface area contributed by atoms with E-state index in [1.165, 1.54) is 18.2 Å². The third-order valence-corrected chi connectivity index (χ3v) is 4.26. The monoisotopic (exact) mass is 417 g/mol. The van der Waals surface area contributed by atoms with Crippen molar-refractivity contribution in [2.45, 2.75) is 6.92 Å². The first-order valence-corrected chi connectivity index (χ1v) is 9.81. The van der Waals surface area contributed by atoms with Gasteiger partial charge in [-0.15, -0.1) is 0 Å². The largest absolute Gasteiger partial charge is 0.508 e. The Morgan fingerprint density at radius 2 is 1.68 bits per heavy atom. The molecule has 0 aromatic heterocycles. The maximum atomic E-state index is 12.3. The minimum atomic E-state index is -0.280. The molecule has 6 nitrogen and oxygen atoms in total. The van der Waals surface area contributed by atoms with Crippen LogP contribution in [0.4, 0.5) is 5.69 Å². The zero-order valence-electron chi connectivity index (χ0n) is 17.1. The minimum absolute atomic E-state index is 0.106. The summed E-state index contributed by atoms with van der Waals surface area (Å²) in [4.78, 5) is 24.4. The summed E-state index contributed by atoms with van der Waals surface area (Å²) in [6.07, 6.45) is 3.12. The van der Waals surface area contributed by atoms with Crippen molar-refractivity contribution in [3.05, 3.63) is 90.0 Å². The van der Waals surface area contributed by atoms with Crippen LogP contribution in [-0.2, 0) is 4.79 Å². The standard InChI is InChI=1S/C25H23NO5/c1-2-30-24-16-18(8-14-22(28)19-10-12-21(27)13-11-19)9-15-23(24)31-17-25(29)26-20-6-4-3-5-7-20/h3-16,27H,2,17H2,1H3,(H,26,29)/b14-8+. The molecule has 0 saturated carbocycles. The molecule has 0 aliphatic carbocycles. The van der Waals surface area contributed by atoms with E-state index in [2.05, 4.69) is 5.32 Å². The molecule has 0 atom stereocenters. The number of ketones is 1. The van der Waals surface area contributed by atoms with Crippen LogP contribution in [0.2, 0.25) is 0 Å². The predicted molar refractivity (Wildman–Crippen MR) is 120 cm³/mol. The fourth-order valence-corrected chi connectivity index (χ4v) is 2.77. The van der Waals surface area contributed by atoms with Crippen molar-refractivity contribution in [1.29, 1.82) is 0 Å². The number of amides is 1. The van der Waals surface area contributed by atoms with Crippen molar-refractivity contribution in [1.82, 2.24) is 0 Å². The third kappa shape index (κ3) is 6.47. The molecule has 0 bridgehead atoms. The SMILES string of the molecule is CCOc1cc(/C=C/C(=O)c2ccc(O)cc2)ccc1OCC(=O)Nc1ccccc1. The number of aromatic hydroxyl groups is 1. The van der Waals surface area contributed by atoms with E-state index >= 15 is 0 Å². The Labute approximate surface area is 180 Å². The van der Waals surface area contributed by atoms with Gasteiger partial charge in [0.15, 0.2) is 23.9 Å². The van der Waals surface area contributed by atoms with Crippen molar-refractivity contribution in [3.8, 4) is 17.2 Å². The van der Waals surface area contributed by atoms with Crippen molar-refractivity contribution >= 4 is 23.5 Å². The molecule has 0 unspecified atom stereocenters. The van der Waals surface area contributed by atoms with E-state index < -0.39 is 0 Å². The Hall–Kier alpha value is -4.06. The number of carbonyl (C=O) groups is 2. The normalized spacial score (nSPS) is 10.6. The Balaban J connectivity index is 1.65. The number of hydrogen-bond acceptors (Lipinski definition) is 5. The van der Waals surface area contributed by atoms with E-state index in [1.54, 1.807) is 48.5 Å². The van der Waals surface area contributed by atoms with Crippen molar-refractivity contribution < 1.29 is 24.2 Å². The van der Waals surface area contributed by atoms with Crippen molar-refractivity contribution in [2.75, 3.05) is 18.5 Å². The van der Waals surface area contributed by atoms with Crippen LogP contribution in [0.3, 0.4) is 0 Å². The molecule has 3 aromatic carbocycles. The highest BCUT2D eigenvalue weighted by atomic mass is 16.5. The molecule has 158 valence electrons. The minimum Gasteiger partial charge on any atom is -0.508 e. The van der Waals surface area contributed by atoms with Gasteiger partial charge in [-0.1, -0.05) is 30.3 Å². The number of ether oxygens (including phenoxy) is 2. The average Bonchev–Trinajstić information content (AvgIpc) is 2.78. The first-order chi connectivity index (χ1) is 15.0. The molecule has 1 amide bonds. The van der Waals surface area contributed by atoms with Gasteiger partial charge in [-0.05, 0) is 67.1 Å². The second-order valence-corrected chi connectivity index (χ2v) is 6.59. The van der Waals surface area contributed by atoms with Crippen molar-refractivity contribution in [3.63, 3.8) is 0 Å². The van der Waals surface area contributed by atoms with Crippen LogP contribution >= 0.6 is 0 Å². The van der Waals surface area contributed by atoms with Crippen LogP contribution in [0.5, 0.6) is 17.2 Å². The van der Waals surface area contributed by atoms with Gasteiger partial charge in [-0.2, -0.15) is 0 Å². The Kier molecular flexibility index (Phi) is 7.43. The first-order valence-electron chi connectivity index (χ1n) is 9.81. The van der Waals surface area contributed by atoms with Gasteiger partial charge in [0.05, 0.1) is 6.61 Å². The lowest BCUT2D eigenvalue weighted by Gasteiger charge is -2.12. The molecule has 6 heteroatoms. The number of carbonyl (C=O) groups excluding carboxylic acids is 2. The van der Waals surface area contributed by atoms with Crippen LogP contribution in [-0.4, -0.2) is 30.0 Å². The summed E-state index contributed by atoms with van der Waals surface area (Å²) >= 11 is 0. The Bertz CT molecular complexity index is 1060. The Morgan fingerprint density at radius 1 is 0.935 bits per heavy atom. The summed E-state index contributed by atoms with van der Waals surface area (Å²) in [5.74, 6) is 0.559. The van der Waals surface area contributed by atoms with Crippen LogP contribution in [0.25, 0.3) is 6.08 Å². The summed E-state index contributed by atoms with van der Waals surface area (Å²) in [6.45, 7) is 2.11. The summed E-state index contributed by atoms with van der Waals surface area (Å²) in [5, 5.41) is 12.1. The highest BCUT2D eigenvalue weighted by molar-refractivity contribution is 6.06. The smallest absolute Gasteiger partial charge is 0.262 e. The number of hydrogen-bond donors (Lipinski definition) is 2. The lowest BCUT2D eigenvalue weighted by molar-refractivity contribution is -0.118.